The van der Waals surface area contributed by atoms with Gasteiger partial charge in [-0.3, -0.25) is 9.59 Å². The van der Waals surface area contributed by atoms with Crippen LogP contribution in [0.4, 0.5) is 0 Å². The number of nitrogens with zero attached hydrogens (tertiary/aromatic N) is 3. The maximum Gasteiger partial charge on any atom is 0.304 e. The summed E-state index contributed by atoms with van der Waals surface area (Å²) in [6.45, 7) is 3.29. The highest BCUT2D eigenvalue weighted by Crippen LogP contribution is 2.45. The van der Waals surface area contributed by atoms with E-state index in [9.17, 15) is 18.0 Å². The van der Waals surface area contributed by atoms with E-state index in [1.807, 2.05) is 23.1 Å². The average Bonchev–Trinajstić information content (AvgIpc) is 3.36. The van der Waals surface area contributed by atoms with Gasteiger partial charge in [0.1, 0.15) is 5.75 Å². The summed E-state index contributed by atoms with van der Waals surface area (Å²) in [4.78, 5) is 29.2. The third-order valence-corrected chi connectivity index (χ3v) is 11.1. The molecule has 0 atom stereocenters. The molecule has 2 saturated heterocycles. The highest BCUT2D eigenvalue weighted by Gasteiger charge is 2.31. The summed E-state index contributed by atoms with van der Waals surface area (Å²) in [6, 6.07) is 11.5. The number of rotatable bonds is 6. The Bertz CT molecular complexity index is 1800. The van der Waals surface area contributed by atoms with Crippen molar-refractivity contribution < 1.29 is 32.2 Å². The monoisotopic (exact) mass is 648 g/mol. The minimum atomic E-state index is -4.03. The number of ether oxygens (including phenoxy) is 3. The average molecular weight is 649 g/mol. The first kappa shape index (κ1) is 30.9. The van der Waals surface area contributed by atoms with Crippen molar-refractivity contribution in [3.05, 3.63) is 58.7 Å². The number of morpholine rings is 2. The van der Waals surface area contributed by atoms with E-state index in [2.05, 4.69) is 21.4 Å². The van der Waals surface area contributed by atoms with Crippen molar-refractivity contribution in [1.29, 1.82) is 0 Å². The Kier molecular flexibility index (Phi) is 8.62. The summed E-state index contributed by atoms with van der Waals surface area (Å²) < 4.78 is 48.1. The van der Waals surface area contributed by atoms with Crippen LogP contribution in [0.3, 0.4) is 0 Å². The van der Waals surface area contributed by atoms with Gasteiger partial charge in [0.2, 0.25) is 0 Å². The van der Waals surface area contributed by atoms with E-state index in [1.165, 1.54) is 29.1 Å². The molecule has 3 aliphatic heterocycles. The second-order valence-electron chi connectivity index (χ2n) is 12.4. The quantitative estimate of drug-likeness (QED) is 0.430. The van der Waals surface area contributed by atoms with Crippen LogP contribution in [-0.2, 0) is 31.0 Å². The van der Waals surface area contributed by atoms with Crippen LogP contribution in [0.15, 0.2) is 42.0 Å². The smallest absolute Gasteiger partial charge is 0.304 e. The Morgan fingerprint density at radius 2 is 1.63 bits per heavy atom. The fourth-order valence-corrected chi connectivity index (χ4v) is 8.34. The predicted octanol–water partition coefficient (Wildman–Crippen LogP) is 3.93. The molecule has 1 aromatic heterocycles. The number of benzene rings is 2. The first-order valence-corrected chi connectivity index (χ1v) is 17.6. The minimum Gasteiger partial charge on any atom is -0.497 e. The van der Waals surface area contributed by atoms with E-state index in [0.717, 1.165) is 46.3 Å². The van der Waals surface area contributed by atoms with Gasteiger partial charge in [0.15, 0.2) is 0 Å². The van der Waals surface area contributed by atoms with Gasteiger partial charge in [-0.2, -0.15) is 12.7 Å². The number of amides is 2. The standard InChI is InChI=1S/C34H40N4O7S/c1-43-28-18-26-17-27(34(40)36-9-13-44-14-10-36)22-38-30-20-25(33(39)35-46(41,42)37-11-15-45-16-12-37)8-7-24(30)19-31(38)32(26)29(21-28)23-5-3-2-4-6-23/h7-8,17-21,23H,2-6,9-16,22H2,1H3,(H,35,39). The van der Waals surface area contributed by atoms with Crippen LogP contribution >= 0.6 is 0 Å². The van der Waals surface area contributed by atoms with Crippen LogP contribution in [0.25, 0.3) is 28.2 Å². The van der Waals surface area contributed by atoms with E-state index in [-0.39, 0.29) is 37.8 Å². The van der Waals surface area contributed by atoms with Crippen LogP contribution in [0, 0.1) is 0 Å². The molecule has 1 aliphatic carbocycles. The van der Waals surface area contributed by atoms with Crippen LogP contribution in [-0.4, -0.2) is 93.7 Å². The molecule has 3 fully saturated rings. The number of hydrogen-bond donors (Lipinski definition) is 1. The van der Waals surface area contributed by atoms with Gasteiger partial charge in [0.25, 0.3) is 11.8 Å². The minimum absolute atomic E-state index is 0.0449. The van der Waals surface area contributed by atoms with Crippen molar-refractivity contribution >= 4 is 39.0 Å². The number of hydrogen-bond acceptors (Lipinski definition) is 7. The Morgan fingerprint density at radius 1 is 0.913 bits per heavy atom. The molecule has 244 valence electrons. The molecule has 4 heterocycles. The van der Waals surface area contributed by atoms with Gasteiger partial charge < -0.3 is 23.7 Å². The van der Waals surface area contributed by atoms with E-state index < -0.39 is 16.1 Å². The molecular formula is C34H40N4O7S. The number of fused-ring (bicyclic) bond motifs is 5. The Morgan fingerprint density at radius 3 is 2.35 bits per heavy atom. The number of carbonyl (C=O) groups is 2. The molecular weight excluding hydrogens is 608 g/mol. The first-order valence-electron chi connectivity index (χ1n) is 16.2. The summed E-state index contributed by atoms with van der Waals surface area (Å²) in [5, 5.41) is 0.902. The van der Waals surface area contributed by atoms with Crippen LogP contribution in [0.2, 0.25) is 0 Å². The van der Waals surface area contributed by atoms with Crippen LogP contribution in [0.5, 0.6) is 5.75 Å². The zero-order valence-corrected chi connectivity index (χ0v) is 26.9. The van der Waals surface area contributed by atoms with Crippen molar-refractivity contribution in [3.8, 4) is 17.0 Å². The van der Waals surface area contributed by atoms with Crippen molar-refractivity contribution in [1.82, 2.24) is 18.5 Å². The molecule has 0 unspecified atom stereocenters. The van der Waals surface area contributed by atoms with Gasteiger partial charge in [-0.25, -0.2) is 4.72 Å². The lowest BCUT2D eigenvalue weighted by molar-refractivity contribution is -0.131. The summed E-state index contributed by atoms with van der Waals surface area (Å²) >= 11 is 0. The van der Waals surface area contributed by atoms with Crippen LogP contribution in [0.1, 0.15) is 59.5 Å². The molecule has 2 amide bonds. The van der Waals surface area contributed by atoms with E-state index >= 15 is 0 Å². The zero-order valence-electron chi connectivity index (χ0n) is 26.1. The number of nitrogens with one attached hydrogen (secondary N) is 1. The van der Waals surface area contributed by atoms with E-state index in [1.54, 1.807) is 19.2 Å². The third-order valence-electron chi connectivity index (χ3n) is 9.64. The van der Waals surface area contributed by atoms with Gasteiger partial charge in [-0.15, -0.1) is 0 Å². The summed E-state index contributed by atoms with van der Waals surface area (Å²) in [7, 11) is -2.35. The largest absolute Gasteiger partial charge is 0.497 e. The normalized spacial score (nSPS) is 19.6. The lowest BCUT2D eigenvalue weighted by Gasteiger charge is -2.28. The highest BCUT2D eigenvalue weighted by atomic mass is 32.2. The van der Waals surface area contributed by atoms with Gasteiger partial charge in [-0.1, -0.05) is 25.3 Å². The van der Waals surface area contributed by atoms with Gasteiger partial charge in [0, 0.05) is 53.8 Å². The van der Waals surface area contributed by atoms with Crippen molar-refractivity contribution in [2.75, 3.05) is 59.7 Å². The van der Waals surface area contributed by atoms with E-state index in [0.29, 0.717) is 44.3 Å². The molecule has 0 radical (unpaired) electrons. The predicted molar refractivity (Wildman–Crippen MR) is 174 cm³/mol. The molecule has 46 heavy (non-hydrogen) atoms. The molecule has 3 aromatic rings. The summed E-state index contributed by atoms with van der Waals surface area (Å²) in [5.74, 6) is 0.377. The number of carbonyl (C=O) groups excluding carboxylic acids is 2. The lowest BCUT2D eigenvalue weighted by atomic mass is 9.80. The maximum absolute atomic E-state index is 14.0. The number of methoxy groups -OCH3 is 1. The number of aromatic nitrogens is 1. The molecule has 0 spiro atoms. The fourth-order valence-electron chi connectivity index (χ4n) is 7.23. The Balaban J connectivity index is 1.34. The SMILES string of the molecule is COc1cc2c(c(C3CCCCC3)c1)-c1cc3ccc(C(=O)NS(=O)(=O)N4CCOCC4)cc3n1CC(C(=O)N1CCOCC1)=C2. The molecule has 12 heteroatoms. The van der Waals surface area contributed by atoms with E-state index in [4.69, 9.17) is 14.2 Å². The van der Waals surface area contributed by atoms with Crippen LogP contribution < -0.4 is 9.46 Å². The first-order chi connectivity index (χ1) is 22.3. The summed E-state index contributed by atoms with van der Waals surface area (Å²) in [5.41, 5.74) is 5.80. The van der Waals surface area contributed by atoms with Gasteiger partial charge in [-0.05, 0) is 66.3 Å². The molecule has 1 N–H and O–H groups in total. The second-order valence-corrected chi connectivity index (χ2v) is 14.1. The zero-order chi connectivity index (χ0) is 31.8. The molecule has 11 nitrogen and oxygen atoms in total. The Hall–Kier alpha value is -3.71. The lowest BCUT2D eigenvalue weighted by Crippen LogP contribution is -2.48. The molecule has 2 aromatic carbocycles. The van der Waals surface area contributed by atoms with Gasteiger partial charge >= 0.3 is 10.2 Å². The fraction of sp³-hybridized carbons (Fsp3) is 0.471. The Labute approximate surface area is 269 Å². The molecule has 4 aliphatic rings. The maximum atomic E-state index is 14.0. The van der Waals surface area contributed by atoms with Crippen molar-refractivity contribution in [2.24, 2.45) is 0 Å². The molecule has 1 saturated carbocycles. The van der Waals surface area contributed by atoms with Crippen molar-refractivity contribution in [2.45, 2.75) is 44.6 Å². The topological polar surface area (TPSA) is 119 Å². The highest BCUT2D eigenvalue weighted by molar-refractivity contribution is 7.87. The third kappa shape index (κ3) is 5.94. The van der Waals surface area contributed by atoms with Crippen molar-refractivity contribution in [3.63, 3.8) is 0 Å². The molecule has 0 bridgehead atoms. The summed E-state index contributed by atoms with van der Waals surface area (Å²) in [6.07, 6.45) is 7.75. The van der Waals surface area contributed by atoms with Gasteiger partial charge in [0.05, 0.1) is 45.8 Å². The second kappa shape index (κ2) is 12.8. The molecule has 7 rings (SSSR count).